The number of nitriles is 1. The number of carbonyl (C=O) groups excluding carboxylic acids is 1. The first kappa shape index (κ1) is 24.4. The molecule has 0 saturated heterocycles. The Bertz CT molecular complexity index is 1260. The van der Waals surface area contributed by atoms with Gasteiger partial charge in [0.2, 0.25) is 0 Å². The molecule has 0 bridgehead atoms. The first-order chi connectivity index (χ1) is 15.8. The van der Waals surface area contributed by atoms with Gasteiger partial charge in [-0.1, -0.05) is 51.8 Å². The number of carbonyl (C=O) groups is 1. The molecular formula is C26H22BrClN2O3. The van der Waals surface area contributed by atoms with Crippen molar-refractivity contribution in [1.29, 1.82) is 5.26 Å². The van der Waals surface area contributed by atoms with E-state index in [1.807, 2.05) is 50.2 Å². The largest absolute Gasteiger partial charge is 0.493 e. The average molecular weight is 526 g/mol. The summed E-state index contributed by atoms with van der Waals surface area (Å²) in [4.78, 5) is 12.7. The maximum atomic E-state index is 12.7. The number of anilines is 1. The van der Waals surface area contributed by atoms with Crippen LogP contribution >= 0.6 is 27.5 Å². The number of amides is 1. The standard InChI is InChI=1S/C26H22BrClN2O3/c1-16-8-9-21(10-17(16)2)30-26(31)20(14-29)11-19-12-24(32-3)25(13-22(19)27)33-15-18-6-4-5-7-23(18)28/h4-13H,15H2,1-3H3,(H,30,31). The van der Waals surface area contributed by atoms with E-state index in [1.165, 1.54) is 13.2 Å². The summed E-state index contributed by atoms with van der Waals surface area (Å²) >= 11 is 9.70. The molecule has 0 radical (unpaired) electrons. The van der Waals surface area contributed by atoms with Gasteiger partial charge in [-0.3, -0.25) is 4.79 Å². The lowest BCUT2D eigenvalue weighted by Crippen LogP contribution is -2.13. The fourth-order valence-electron chi connectivity index (χ4n) is 3.03. The van der Waals surface area contributed by atoms with E-state index in [1.54, 1.807) is 24.3 Å². The first-order valence-electron chi connectivity index (χ1n) is 10.1. The lowest BCUT2D eigenvalue weighted by molar-refractivity contribution is -0.112. The summed E-state index contributed by atoms with van der Waals surface area (Å²) in [6.07, 6.45) is 1.50. The van der Waals surface area contributed by atoms with Crippen molar-refractivity contribution in [2.45, 2.75) is 20.5 Å². The minimum atomic E-state index is -0.495. The molecule has 168 valence electrons. The molecule has 1 amide bonds. The van der Waals surface area contributed by atoms with E-state index in [0.717, 1.165) is 16.7 Å². The number of nitrogens with zero attached hydrogens (tertiary/aromatic N) is 1. The van der Waals surface area contributed by atoms with Gasteiger partial charge >= 0.3 is 0 Å². The van der Waals surface area contributed by atoms with Gasteiger partial charge < -0.3 is 14.8 Å². The third kappa shape index (κ3) is 6.16. The van der Waals surface area contributed by atoms with E-state index in [2.05, 4.69) is 21.2 Å². The normalized spacial score (nSPS) is 11.0. The summed E-state index contributed by atoms with van der Waals surface area (Å²) in [6, 6.07) is 18.4. The number of ether oxygens (including phenoxy) is 2. The highest BCUT2D eigenvalue weighted by Gasteiger charge is 2.14. The predicted octanol–water partition coefficient (Wildman–Crippen LogP) is 6.85. The van der Waals surface area contributed by atoms with E-state index in [9.17, 15) is 10.1 Å². The molecular weight excluding hydrogens is 504 g/mol. The molecule has 0 unspecified atom stereocenters. The topological polar surface area (TPSA) is 71.3 Å². The fraction of sp³-hybridized carbons (Fsp3) is 0.154. The molecule has 0 aromatic heterocycles. The van der Waals surface area contributed by atoms with Gasteiger partial charge in [-0.25, -0.2) is 0 Å². The minimum Gasteiger partial charge on any atom is -0.493 e. The summed E-state index contributed by atoms with van der Waals surface area (Å²) in [5.41, 5.74) is 4.21. The maximum Gasteiger partial charge on any atom is 0.266 e. The number of halogens is 2. The second kappa shape index (κ2) is 11.0. The number of hydrogen-bond donors (Lipinski definition) is 1. The number of nitrogens with one attached hydrogen (secondary N) is 1. The molecule has 0 aliphatic rings. The van der Waals surface area contributed by atoms with E-state index >= 15 is 0 Å². The number of aryl methyl sites for hydroxylation is 2. The smallest absolute Gasteiger partial charge is 0.266 e. The van der Waals surface area contributed by atoms with E-state index in [-0.39, 0.29) is 12.2 Å². The third-order valence-corrected chi connectivity index (χ3v) is 6.11. The quantitative estimate of drug-likeness (QED) is 0.270. The molecule has 0 aliphatic heterocycles. The predicted molar refractivity (Wildman–Crippen MR) is 135 cm³/mol. The summed E-state index contributed by atoms with van der Waals surface area (Å²) in [5.74, 6) is 0.466. The minimum absolute atomic E-state index is 0.0410. The Morgan fingerprint density at radius 3 is 2.55 bits per heavy atom. The van der Waals surface area contributed by atoms with Crippen LogP contribution in [-0.4, -0.2) is 13.0 Å². The van der Waals surface area contributed by atoms with E-state index < -0.39 is 5.91 Å². The first-order valence-corrected chi connectivity index (χ1v) is 11.2. The summed E-state index contributed by atoms with van der Waals surface area (Å²) in [7, 11) is 1.52. The number of benzene rings is 3. The molecule has 3 aromatic rings. The second-order valence-corrected chi connectivity index (χ2v) is 8.59. The van der Waals surface area contributed by atoms with Crippen LogP contribution in [0.2, 0.25) is 5.02 Å². The van der Waals surface area contributed by atoms with Crippen molar-refractivity contribution < 1.29 is 14.3 Å². The molecule has 0 heterocycles. The monoisotopic (exact) mass is 524 g/mol. The van der Waals surface area contributed by atoms with Crippen molar-refractivity contribution in [2.75, 3.05) is 12.4 Å². The molecule has 0 fully saturated rings. The van der Waals surface area contributed by atoms with Crippen LogP contribution in [0.25, 0.3) is 6.08 Å². The van der Waals surface area contributed by atoms with Crippen molar-refractivity contribution in [3.63, 3.8) is 0 Å². The van der Waals surface area contributed by atoms with Gasteiger partial charge in [0.15, 0.2) is 11.5 Å². The molecule has 0 saturated carbocycles. The van der Waals surface area contributed by atoms with Crippen molar-refractivity contribution in [3.05, 3.63) is 91.9 Å². The van der Waals surface area contributed by atoms with Gasteiger partial charge in [-0.2, -0.15) is 5.26 Å². The van der Waals surface area contributed by atoms with Crippen LogP contribution in [-0.2, 0) is 11.4 Å². The zero-order valence-corrected chi connectivity index (χ0v) is 20.8. The molecule has 0 aliphatic carbocycles. The van der Waals surface area contributed by atoms with Crippen LogP contribution in [0.1, 0.15) is 22.3 Å². The summed E-state index contributed by atoms with van der Waals surface area (Å²) in [6.45, 7) is 4.22. The third-order valence-electron chi connectivity index (χ3n) is 5.05. The van der Waals surface area contributed by atoms with Gasteiger partial charge in [0.1, 0.15) is 18.2 Å². The highest BCUT2D eigenvalue weighted by Crippen LogP contribution is 2.35. The average Bonchev–Trinajstić information content (AvgIpc) is 2.80. The van der Waals surface area contributed by atoms with Gasteiger partial charge in [0.05, 0.1) is 7.11 Å². The molecule has 0 atom stereocenters. The number of methoxy groups -OCH3 is 1. The zero-order valence-electron chi connectivity index (χ0n) is 18.4. The van der Waals surface area contributed by atoms with Crippen LogP contribution in [0.5, 0.6) is 11.5 Å². The summed E-state index contributed by atoms with van der Waals surface area (Å²) in [5, 5.41) is 13.0. The Morgan fingerprint density at radius 2 is 1.88 bits per heavy atom. The SMILES string of the molecule is COc1cc(C=C(C#N)C(=O)Nc2ccc(C)c(C)c2)c(Br)cc1OCc1ccccc1Cl. The van der Waals surface area contributed by atoms with Gasteiger partial charge in [0.25, 0.3) is 5.91 Å². The number of rotatable bonds is 7. The highest BCUT2D eigenvalue weighted by atomic mass is 79.9. The molecule has 33 heavy (non-hydrogen) atoms. The molecule has 3 rings (SSSR count). The lowest BCUT2D eigenvalue weighted by atomic mass is 10.1. The fourth-order valence-corrected chi connectivity index (χ4v) is 3.65. The maximum absolute atomic E-state index is 12.7. The van der Waals surface area contributed by atoms with Gasteiger partial charge in [-0.05, 0) is 66.9 Å². The molecule has 0 spiro atoms. The molecule has 5 nitrogen and oxygen atoms in total. The Labute approximate surface area is 206 Å². The van der Waals surface area contributed by atoms with E-state index in [4.69, 9.17) is 21.1 Å². The van der Waals surface area contributed by atoms with Crippen LogP contribution in [0.15, 0.2) is 64.6 Å². The lowest BCUT2D eigenvalue weighted by Gasteiger charge is -2.14. The Hall–Kier alpha value is -3.27. The van der Waals surface area contributed by atoms with Crippen LogP contribution < -0.4 is 14.8 Å². The Kier molecular flexibility index (Phi) is 8.16. The number of hydrogen-bond acceptors (Lipinski definition) is 4. The Morgan fingerprint density at radius 1 is 1.12 bits per heavy atom. The van der Waals surface area contributed by atoms with Crippen molar-refractivity contribution in [1.82, 2.24) is 0 Å². The van der Waals surface area contributed by atoms with E-state index in [0.29, 0.717) is 32.2 Å². The van der Waals surface area contributed by atoms with Crippen molar-refractivity contribution in [2.24, 2.45) is 0 Å². The van der Waals surface area contributed by atoms with Crippen LogP contribution in [0.4, 0.5) is 5.69 Å². The second-order valence-electron chi connectivity index (χ2n) is 7.33. The molecule has 3 aromatic carbocycles. The van der Waals surface area contributed by atoms with Crippen LogP contribution in [0, 0.1) is 25.2 Å². The molecule has 7 heteroatoms. The Balaban J connectivity index is 1.83. The van der Waals surface area contributed by atoms with Gasteiger partial charge in [-0.15, -0.1) is 0 Å². The zero-order chi connectivity index (χ0) is 24.0. The van der Waals surface area contributed by atoms with Crippen molar-refractivity contribution >= 4 is 45.2 Å². The summed E-state index contributed by atoms with van der Waals surface area (Å²) < 4.78 is 12.0. The highest BCUT2D eigenvalue weighted by molar-refractivity contribution is 9.10. The van der Waals surface area contributed by atoms with Crippen LogP contribution in [0.3, 0.4) is 0 Å². The molecule has 1 N–H and O–H groups in total. The van der Waals surface area contributed by atoms with Gasteiger partial charge in [0, 0.05) is 20.7 Å². The van der Waals surface area contributed by atoms with Crippen molar-refractivity contribution in [3.8, 4) is 17.6 Å².